The molecule has 2 aromatic rings. The Balaban J connectivity index is 1.40. The fraction of sp³-hybridized carbons (Fsp3) is 0.568. The molecule has 2 aromatic carbocycles. The first kappa shape index (κ1) is 35.0. The van der Waals surface area contributed by atoms with E-state index in [9.17, 15) is 19.2 Å². The van der Waals surface area contributed by atoms with E-state index in [1.807, 2.05) is 90.1 Å². The average Bonchev–Trinajstić information content (AvgIpc) is 3.48. The molecule has 0 radical (unpaired) electrons. The summed E-state index contributed by atoms with van der Waals surface area (Å²) in [4.78, 5) is 54.8. The van der Waals surface area contributed by atoms with E-state index in [2.05, 4.69) is 6.07 Å². The SMILES string of the molecule is CC(C)(C)OC(=O)[C@@H](Cc1cccc(CC2(C=O)CCN(C(=O)OCc3ccccc3)CC2)c1)[C@H]1CCN(C(=O)OC(C)(C)C)C1. The van der Waals surface area contributed by atoms with Crippen LogP contribution in [-0.2, 0) is 43.2 Å². The van der Waals surface area contributed by atoms with Crippen molar-refractivity contribution in [2.45, 2.75) is 91.5 Å². The molecular formula is C37H50N2O7. The Hall–Kier alpha value is -3.88. The Kier molecular flexibility index (Phi) is 11.2. The van der Waals surface area contributed by atoms with Gasteiger partial charge in [0.1, 0.15) is 24.1 Å². The molecular weight excluding hydrogens is 584 g/mol. The molecule has 2 aliphatic heterocycles. The molecule has 0 spiro atoms. The minimum absolute atomic E-state index is 0.0710. The summed E-state index contributed by atoms with van der Waals surface area (Å²) in [6.07, 6.45) is 3.09. The van der Waals surface area contributed by atoms with Crippen LogP contribution < -0.4 is 0 Å². The maximum absolute atomic E-state index is 13.5. The number of rotatable bonds is 9. The lowest BCUT2D eigenvalue weighted by Crippen LogP contribution is -2.45. The summed E-state index contributed by atoms with van der Waals surface area (Å²) in [5, 5.41) is 0. The molecule has 0 aliphatic carbocycles. The van der Waals surface area contributed by atoms with Crippen LogP contribution in [0.4, 0.5) is 9.59 Å². The van der Waals surface area contributed by atoms with Gasteiger partial charge in [-0.05, 0) is 96.3 Å². The Morgan fingerprint density at radius 3 is 2.09 bits per heavy atom. The highest BCUT2D eigenvalue weighted by Crippen LogP contribution is 2.35. The van der Waals surface area contributed by atoms with Crippen molar-refractivity contribution in [3.8, 4) is 0 Å². The largest absolute Gasteiger partial charge is 0.460 e. The van der Waals surface area contributed by atoms with Crippen molar-refractivity contribution in [1.82, 2.24) is 9.80 Å². The topological polar surface area (TPSA) is 102 Å². The molecule has 4 rings (SSSR count). The summed E-state index contributed by atoms with van der Waals surface area (Å²) in [5.41, 5.74) is 1.10. The van der Waals surface area contributed by atoms with Gasteiger partial charge in [-0.1, -0.05) is 54.6 Å². The molecule has 2 heterocycles. The first-order chi connectivity index (χ1) is 21.7. The number of piperidine rings is 1. The van der Waals surface area contributed by atoms with E-state index in [-0.39, 0.29) is 30.7 Å². The van der Waals surface area contributed by atoms with Crippen LogP contribution >= 0.6 is 0 Å². The number of benzene rings is 2. The zero-order chi connectivity index (χ0) is 33.5. The van der Waals surface area contributed by atoms with E-state index in [1.54, 1.807) is 9.80 Å². The predicted molar refractivity (Wildman–Crippen MR) is 175 cm³/mol. The molecule has 2 atom stereocenters. The molecule has 0 saturated carbocycles. The summed E-state index contributed by atoms with van der Waals surface area (Å²) >= 11 is 0. The molecule has 0 bridgehead atoms. The molecule has 250 valence electrons. The van der Waals surface area contributed by atoms with Crippen LogP contribution in [0.3, 0.4) is 0 Å². The van der Waals surface area contributed by atoms with Gasteiger partial charge in [-0.2, -0.15) is 0 Å². The molecule has 9 heteroatoms. The summed E-state index contributed by atoms with van der Waals surface area (Å²) < 4.78 is 16.9. The third kappa shape index (κ3) is 10.1. The third-order valence-corrected chi connectivity index (χ3v) is 8.63. The molecule has 0 N–H and O–H groups in total. The number of hydrogen-bond acceptors (Lipinski definition) is 7. The second-order valence-corrected chi connectivity index (χ2v) is 14.8. The Labute approximate surface area is 273 Å². The minimum Gasteiger partial charge on any atom is -0.460 e. The van der Waals surface area contributed by atoms with Crippen molar-refractivity contribution in [2.24, 2.45) is 17.3 Å². The maximum Gasteiger partial charge on any atom is 0.410 e. The lowest BCUT2D eigenvalue weighted by Gasteiger charge is -2.38. The monoisotopic (exact) mass is 634 g/mol. The van der Waals surface area contributed by atoms with Crippen LogP contribution in [0.25, 0.3) is 0 Å². The Morgan fingerprint density at radius 1 is 0.826 bits per heavy atom. The lowest BCUT2D eigenvalue weighted by atomic mass is 9.75. The molecule has 2 fully saturated rings. The van der Waals surface area contributed by atoms with Gasteiger partial charge in [0.15, 0.2) is 0 Å². The van der Waals surface area contributed by atoms with Crippen molar-refractivity contribution < 1.29 is 33.4 Å². The number of aldehydes is 1. The molecule has 0 aromatic heterocycles. The number of amides is 2. The summed E-state index contributed by atoms with van der Waals surface area (Å²) in [6.45, 7) is 13.2. The third-order valence-electron chi connectivity index (χ3n) is 8.63. The number of carbonyl (C=O) groups excluding carboxylic acids is 4. The first-order valence-corrected chi connectivity index (χ1v) is 16.4. The maximum atomic E-state index is 13.5. The lowest BCUT2D eigenvalue weighted by molar-refractivity contribution is -0.162. The van der Waals surface area contributed by atoms with Gasteiger partial charge in [0, 0.05) is 31.6 Å². The zero-order valence-electron chi connectivity index (χ0n) is 28.3. The second kappa shape index (κ2) is 14.7. The average molecular weight is 635 g/mol. The molecule has 46 heavy (non-hydrogen) atoms. The van der Waals surface area contributed by atoms with Crippen molar-refractivity contribution in [3.63, 3.8) is 0 Å². The van der Waals surface area contributed by atoms with E-state index in [0.29, 0.717) is 58.3 Å². The van der Waals surface area contributed by atoms with Crippen molar-refractivity contribution in [3.05, 3.63) is 71.3 Å². The first-order valence-electron chi connectivity index (χ1n) is 16.4. The van der Waals surface area contributed by atoms with Gasteiger partial charge in [0.2, 0.25) is 0 Å². The number of ether oxygens (including phenoxy) is 3. The normalized spacial score (nSPS) is 18.9. The highest BCUT2D eigenvalue weighted by atomic mass is 16.6. The summed E-state index contributed by atoms with van der Waals surface area (Å²) in [7, 11) is 0. The zero-order valence-corrected chi connectivity index (χ0v) is 28.3. The minimum atomic E-state index is -0.639. The Bertz CT molecular complexity index is 1350. The van der Waals surface area contributed by atoms with Crippen LogP contribution in [0.2, 0.25) is 0 Å². The van der Waals surface area contributed by atoms with E-state index in [0.717, 1.165) is 23.0 Å². The van der Waals surface area contributed by atoms with E-state index in [4.69, 9.17) is 14.2 Å². The van der Waals surface area contributed by atoms with E-state index >= 15 is 0 Å². The molecule has 2 aliphatic rings. The van der Waals surface area contributed by atoms with Crippen LogP contribution in [0.15, 0.2) is 54.6 Å². The number of hydrogen-bond donors (Lipinski definition) is 0. The van der Waals surface area contributed by atoms with Gasteiger partial charge in [-0.15, -0.1) is 0 Å². The fourth-order valence-corrected chi connectivity index (χ4v) is 6.24. The van der Waals surface area contributed by atoms with Gasteiger partial charge < -0.3 is 28.8 Å². The molecule has 0 unspecified atom stereocenters. The number of likely N-dealkylation sites (tertiary alicyclic amines) is 2. The summed E-state index contributed by atoms with van der Waals surface area (Å²) in [5.74, 6) is -0.782. The van der Waals surface area contributed by atoms with Gasteiger partial charge >= 0.3 is 18.2 Å². The van der Waals surface area contributed by atoms with Gasteiger partial charge in [-0.25, -0.2) is 9.59 Å². The Morgan fingerprint density at radius 2 is 1.46 bits per heavy atom. The van der Waals surface area contributed by atoms with Crippen LogP contribution in [0.1, 0.15) is 77.5 Å². The number of nitrogens with zero attached hydrogens (tertiary/aromatic N) is 2. The van der Waals surface area contributed by atoms with Crippen molar-refractivity contribution in [2.75, 3.05) is 26.2 Å². The summed E-state index contributed by atoms with van der Waals surface area (Å²) in [6, 6.07) is 17.6. The standard InChI is InChI=1S/C37H50N2O7/c1-35(2,3)45-32(41)31(30-15-18-39(24-30)34(43)46-36(4,5)6)22-28-13-10-14-29(21-28)23-37(26-40)16-19-38(20-17-37)33(42)44-25-27-11-8-7-9-12-27/h7-14,21,26,30-31H,15-20,22-25H2,1-6H3/t30-,31-/m0/s1. The van der Waals surface area contributed by atoms with Gasteiger partial charge in [0.25, 0.3) is 0 Å². The highest BCUT2D eigenvalue weighted by molar-refractivity contribution is 5.74. The van der Waals surface area contributed by atoms with Crippen LogP contribution in [0, 0.1) is 17.3 Å². The molecule has 2 amide bonds. The highest BCUT2D eigenvalue weighted by Gasteiger charge is 2.40. The number of carbonyl (C=O) groups is 4. The molecule has 2 saturated heterocycles. The fourth-order valence-electron chi connectivity index (χ4n) is 6.24. The predicted octanol–water partition coefficient (Wildman–Crippen LogP) is 6.60. The number of esters is 1. The molecule has 9 nitrogen and oxygen atoms in total. The van der Waals surface area contributed by atoms with Crippen LogP contribution in [0.5, 0.6) is 0 Å². The smallest absolute Gasteiger partial charge is 0.410 e. The van der Waals surface area contributed by atoms with Crippen LogP contribution in [-0.4, -0.2) is 71.6 Å². The van der Waals surface area contributed by atoms with E-state index < -0.39 is 22.5 Å². The van der Waals surface area contributed by atoms with Gasteiger partial charge in [0.05, 0.1) is 5.92 Å². The second-order valence-electron chi connectivity index (χ2n) is 14.8. The van der Waals surface area contributed by atoms with Crippen molar-refractivity contribution >= 4 is 24.4 Å². The van der Waals surface area contributed by atoms with E-state index in [1.165, 1.54) is 0 Å². The van der Waals surface area contributed by atoms with Gasteiger partial charge in [-0.3, -0.25) is 4.79 Å². The quantitative estimate of drug-likeness (QED) is 0.174. The van der Waals surface area contributed by atoms with Crippen molar-refractivity contribution in [1.29, 1.82) is 0 Å².